The standard InChI is InChI=1S/C19H17ClN4O3S/c1-12-16(20)3-2-4-17(12)28(25,26)23-13-5-7-14(8-6-13)24-11-22-19-15(18(24)21)9-10-27-19/h2-10,21-23H,11H2,1H3. The molecule has 144 valence electrons. The summed E-state index contributed by atoms with van der Waals surface area (Å²) in [5.41, 5.74) is 2.35. The second-order valence-corrected chi connectivity index (χ2v) is 8.35. The molecule has 0 saturated heterocycles. The smallest absolute Gasteiger partial charge is 0.262 e. The van der Waals surface area contributed by atoms with Gasteiger partial charge >= 0.3 is 0 Å². The molecular weight excluding hydrogens is 400 g/mol. The number of hydrogen-bond acceptors (Lipinski definition) is 5. The maximum absolute atomic E-state index is 12.7. The quantitative estimate of drug-likeness (QED) is 0.590. The highest BCUT2D eigenvalue weighted by atomic mass is 35.5. The number of nitrogens with zero attached hydrogens (tertiary/aromatic N) is 1. The average Bonchev–Trinajstić information content (AvgIpc) is 3.14. The maximum atomic E-state index is 12.7. The van der Waals surface area contributed by atoms with Crippen molar-refractivity contribution in [1.82, 2.24) is 0 Å². The number of amidine groups is 1. The largest absolute Gasteiger partial charge is 0.448 e. The fourth-order valence-electron chi connectivity index (χ4n) is 3.03. The molecule has 0 unspecified atom stereocenters. The minimum atomic E-state index is -3.76. The number of fused-ring (bicyclic) bond motifs is 1. The third-order valence-electron chi connectivity index (χ3n) is 4.53. The van der Waals surface area contributed by atoms with E-state index in [-0.39, 0.29) is 4.90 Å². The summed E-state index contributed by atoms with van der Waals surface area (Å²) in [5, 5.41) is 11.8. The molecule has 4 rings (SSSR count). The Bertz CT molecular complexity index is 1160. The van der Waals surface area contributed by atoms with E-state index >= 15 is 0 Å². The van der Waals surface area contributed by atoms with Crippen molar-refractivity contribution < 1.29 is 12.8 Å². The van der Waals surface area contributed by atoms with Gasteiger partial charge in [-0.25, -0.2) is 8.42 Å². The van der Waals surface area contributed by atoms with Gasteiger partial charge in [-0.05, 0) is 55.0 Å². The first-order valence-corrected chi connectivity index (χ1v) is 10.3. The molecule has 28 heavy (non-hydrogen) atoms. The van der Waals surface area contributed by atoms with Crippen LogP contribution < -0.4 is 14.9 Å². The zero-order valence-corrected chi connectivity index (χ0v) is 16.4. The van der Waals surface area contributed by atoms with Crippen LogP contribution in [0.1, 0.15) is 11.1 Å². The molecule has 3 N–H and O–H groups in total. The summed E-state index contributed by atoms with van der Waals surface area (Å²) in [4.78, 5) is 1.90. The first kappa shape index (κ1) is 18.4. The minimum absolute atomic E-state index is 0.138. The van der Waals surface area contributed by atoms with Crippen molar-refractivity contribution in [3.8, 4) is 0 Å². The van der Waals surface area contributed by atoms with Crippen LogP contribution in [0.5, 0.6) is 0 Å². The summed E-state index contributed by atoms with van der Waals surface area (Å²) in [7, 11) is -3.76. The van der Waals surface area contributed by atoms with Gasteiger partial charge < -0.3 is 14.6 Å². The Morgan fingerprint density at radius 2 is 1.93 bits per heavy atom. The van der Waals surface area contributed by atoms with E-state index < -0.39 is 10.0 Å². The number of anilines is 3. The molecule has 9 heteroatoms. The summed E-state index contributed by atoms with van der Waals surface area (Å²) >= 11 is 6.04. The SMILES string of the molecule is Cc1c(Cl)cccc1S(=O)(=O)Nc1ccc(N2CNc3occc3C2=N)cc1. The van der Waals surface area contributed by atoms with E-state index in [2.05, 4.69) is 10.0 Å². The summed E-state index contributed by atoms with van der Waals surface area (Å²) in [5.74, 6) is 0.882. The number of sulfonamides is 1. The van der Waals surface area contributed by atoms with E-state index in [1.807, 2.05) is 0 Å². The molecule has 0 saturated carbocycles. The fourth-order valence-corrected chi connectivity index (χ4v) is 4.58. The third-order valence-corrected chi connectivity index (χ3v) is 6.46. The van der Waals surface area contributed by atoms with Crippen molar-refractivity contribution in [2.75, 3.05) is 21.6 Å². The highest BCUT2D eigenvalue weighted by Crippen LogP contribution is 2.29. The predicted octanol–water partition coefficient (Wildman–Crippen LogP) is 4.26. The lowest BCUT2D eigenvalue weighted by Crippen LogP contribution is -2.39. The van der Waals surface area contributed by atoms with Crippen molar-refractivity contribution in [1.29, 1.82) is 5.41 Å². The van der Waals surface area contributed by atoms with E-state index in [4.69, 9.17) is 21.4 Å². The Hall–Kier alpha value is -2.97. The summed E-state index contributed by atoms with van der Waals surface area (Å²) in [6.07, 6.45) is 1.53. The van der Waals surface area contributed by atoms with Crippen LogP contribution >= 0.6 is 11.6 Å². The van der Waals surface area contributed by atoms with Crippen molar-refractivity contribution in [3.05, 3.63) is 70.9 Å². The molecule has 2 aromatic carbocycles. The van der Waals surface area contributed by atoms with Gasteiger partial charge in [0.15, 0.2) is 0 Å². The molecule has 0 spiro atoms. The Balaban J connectivity index is 1.56. The van der Waals surface area contributed by atoms with Crippen molar-refractivity contribution in [3.63, 3.8) is 0 Å². The summed E-state index contributed by atoms with van der Waals surface area (Å²) < 4.78 is 33.2. The number of nitrogens with one attached hydrogen (secondary N) is 3. The molecule has 0 aliphatic carbocycles. The number of halogens is 1. The molecule has 3 aromatic rings. The Morgan fingerprint density at radius 3 is 2.68 bits per heavy atom. The maximum Gasteiger partial charge on any atom is 0.262 e. The number of rotatable bonds is 4. The van der Waals surface area contributed by atoms with Gasteiger partial charge in [-0.15, -0.1) is 0 Å². The van der Waals surface area contributed by atoms with Crippen LogP contribution in [-0.4, -0.2) is 20.9 Å². The van der Waals surface area contributed by atoms with Gasteiger partial charge in [0, 0.05) is 16.4 Å². The van der Waals surface area contributed by atoms with Gasteiger partial charge in [0.05, 0.1) is 23.4 Å². The Morgan fingerprint density at radius 1 is 1.18 bits per heavy atom. The van der Waals surface area contributed by atoms with Crippen LogP contribution in [0.4, 0.5) is 17.3 Å². The highest BCUT2D eigenvalue weighted by Gasteiger charge is 2.24. The molecule has 1 aliphatic rings. The molecule has 0 fully saturated rings. The molecule has 2 heterocycles. The normalized spacial score (nSPS) is 13.8. The van der Waals surface area contributed by atoms with Crippen LogP contribution in [0.3, 0.4) is 0 Å². The zero-order valence-electron chi connectivity index (χ0n) is 14.9. The van der Waals surface area contributed by atoms with Gasteiger partial charge in [0.25, 0.3) is 10.0 Å². The summed E-state index contributed by atoms with van der Waals surface area (Å²) in [6, 6.07) is 13.3. The van der Waals surface area contributed by atoms with E-state index in [9.17, 15) is 8.42 Å². The third kappa shape index (κ3) is 3.21. The second kappa shape index (κ2) is 6.88. The van der Waals surface area contributed by atoms with E-state index in [0.717, 1.165) is 5.69 Å². The van der Waals surface area contributed by atoms with E-state index in [1.54, 1.807) is 54.3 Å². The lowest BCUT2D eigenvalue weighted by molar-refractivity contribution is 0.577. The molecule has 0 amide bonds. The first-order chi connectivity index (χ1) is 13.4. The predicted molar refractivity (Wildman–Crippen MR) is 110 cm³/mol. The average molecular weight is 417 g/mol. The van der Waals surface area contributed by atoms with Gasteiger partial charge in [0.1, 0.15) is 5.84 Å². The minimum Gasteiger partial charge on any atom is -0.448 e. The Kier molecular flexibility index (Phi) is 4.52. The number of furan rings is 1. The fraction of sp³-hybridized carbons (Fsp3) is 0.105. The molecule has 0 bridgehead atoms. The second-order valence-electron chi connectivity index (χ2n) is 6.29. The topological polar surface area (TPSA) is 98.4 Å². The van der Waals surface area contributed by atoms with Crippen molar-refractivity contribution in [2.45, 2.75) is 11.8 Å². The van der Waals surface area contributed by atoms with Crippen LogP contribution in [0.15, 0.2) is 64.1 Å². The van der Waals surface area contributed by atoms with Crippen LogP contribution in [0, 0.1) is 12.3 Å². The highest BCUT2D eigenvalue weighted by molar-refractivity contribution is 7.92. The van der Waals surface area contributed by atoms with Gasteiger partial charge in [-0.2, -0.15) is 0 Å². The van der Waals surface area contributed by atoms with Crippen molar-refractivity contribution in [2.24, 2.45) is 0 Å². The van der Waals surface area contributed by atoms with Crippen LogP contribution in [0.25, 0.3) is 0 Å². The lowest BCUT2D eigenvalue weighted by Gasteiger charge is -2.29. The van der Waals surface area contributed by atoms with Gasteiger partial charge in [-0.1, -0.05) is 17.7 Å². The van der Waals surface area contributed by atoms with Crippen LogP contribution in [0.2, 0.25) is 5.02 Å². The molecule has 7 nitrogen and oxygen atoms in total. The Labute approximate surface area is 167 Å². The van der Waals surface area contributed by atoms with Gasteiger partial charge in [0.2, 0.25) is 5.88 Å². The molecular formula is C19H17ClN4O3S. The van der Waals surface area contributed by atoms with Crippen molar-refractivity contribution >= 4 is 44.7 Å². The monoisotopic (exact) mass is 416 g/mol. The zero-order chi connectivity index (χ0) is 19.9. The molecule has 0 radical (unpaired) electrons. The molecule has 1 aromatic heterocycles. The van der Waals surface area contributed by atoms with Crippen LogP contribution in [-0.2, 0) is 10.0 Å². The summed E-state index contributed by atoms with van der Waals surface area (Å²) in [6.45, 7) is 2.05. The van der Waals surface area contributed by atoms with E-state index in [0.29, 0.717) is 40.2 Å². The number of hydrogen-bond donors (Lipinski definition) is 3. The molecule has 0 atom stereocenters. The first-order valence-electron chi connectivity index (χ1n) is 8.42. The van der Waals surface area contributed by atoms with E-state index in [1.165, 1.54) is 12.3 Å². The molecule has 1 aliphatic heterocycles. The lowest BCUT2D eigenvalue weighted by atomic mass is 10.2. The van der Waals surface area contributed by atoms with Gasteiger partial charge in [-0.3, -0.25) is 10.1 Å². The number of benzene rings is 2.